The largest absolute Gasteiger partial charge is 0.389 e. The summed E-state index contributed by atoms with van der Waals surface area (Å²) >= 11 is 17.0. The van der Waals surface area contributed by atoms with Gasteiger partial charge < -0.3 is 11.1 Å². The topological polar surface area (TPSA) is 38.0 Å². The van der Waals surface area contributed by atoms with E-state index < -0.39 is 0 Å². The molecule has 2 rings (SSSR count). The fraction of sp³-hybridized carbons (Fsp3) is 0.0714. The molecular weight excluding hydrogens is 299 g/mol. The maximum Gasteiger partial charge on any atom is 0.104 e. The van der Waals surface area contributed by atoms with Gasteiger partial charge in [0, 0.05) is 17.1 Å². The van der Waals surface area contributed by atoms with Crippen LogP contribution in [0.25, 0.3) is 0 Å². The number of anilines is 1. The van der Waals surface area contributed by atoms with Crippen molar-refractivity contribution >= 4 is 46.1 Å². The Morgan fingerprint density at radius 3 is 2.58 bits per heavy atom. The van der Waals surface area contributed by atoms with E-state index >= 15 is 0 Å². The number of rotatable bonds is 4. The summed E-state index contributed by atoms with van der Waals surface area (Å²) in [5.74, 6) is 0. The molecule has 0 heterocycles. The number of nitrogens with two attached hydrogens (primary N) is 1. The lowest BCUT2D eigenvalue weighted by Crippen LogP contribution is -2.09. The smallest absolute Gasteiger partial charge is 0.104 e. The molecule has 0 bridgehead atoms. The fourth-order valence-corrected chi connectivity index (χ4v) is 2.24. The first-order valence-electron chi connectivity index (χ1n) is 5.64. The Balaban J connectivity index is 2.10. The van der Waals surface area contributed by atoms with Crippen LogP contribution in [0.2, 0.25) is 10.0 Å². The van der Waals surface area contributed by atoms with Crippen LogP contribution in [-0.2, 0) is 6.54 Å². The van der Waals surface area contributed by atoms with E-state index in [0.29, 0.717) is 21.6 Å². The first-order valence-corrected chi connectivity index (χ1v) is 6.80. The summed E-state index contributed by atoms with van der Waals surface area (Å²) in [6.45, 7) is 0.646. The van der Waals surface area contributed by atoms with Crippen molar-refractivity contribution in [3.05, 3.63) is 63.6 Å². The molecular formula is C14H12Cl2N2S. The van der Waals surface area contributed by atoms with E-state index in [1.54, 1.807) is 6.07 Å². The Morgan fingerprint density at radius 1 is 1.16 bits per heavy atom. The van der Waals surface area contributed by atoms with E-state index in [-0.39, 0.29) is 0 Å². The molecule has 0 aliphatic heterocycles. The Bertz CT molecular complexity index is 614. The monoisotopic (exact) mass is 310 g/mol. The predicted molar refractivity (Wildman–Crippen MR) is 86.1 cm³/mol. The lowest BCUT2D eigenvalue weighted by atomic mass is 10.2. The Morgan fingerprint density at radius 2 is 1.95 bits per heavy atom. The molecule has 3 N–H and O–H groups in total. The number of hydrogen-bond donors (Lipinski definition) is 2. The summed E-state index contributed by atoms with van der Waals surface area (Å²) < 4.78 is 0. The van der Waals surface area contributed by atoms with Crippen molar-refractivity contribution in [2.45, 2.75) is 6.54 Å². The van der Waals surface area contributed by atoms with Crippen molar-refractivity contribution in [1.82, 2.24) is 0 Å². The van der Waals surface area contributed by atoms with Crippen LogP contribution in [0.15, 0.2) is 42.5 Å². The first kappa shape index (κ1) is 14.1. The molecule has 0 atom stereocenters. The van der Waals surface area contributed by atoms with Crippen LogP contribution in [0.5, 0.6) is 0 Å². The average molecular weight is 311 g/mol. The zero-order valence-electron chi connectivity index (χ0n) is 9.99. The highest BCUT2D eigenvalue weighted by molar-refractivity contribution is 7.80. The van der Waals surface area contributed by atoms with Gasteiger partial charge in [-0.15, -0.1) is 0 Å². The Labute approximate surface area is 127 Å². The summed E-state index contributed by atoms with van der Waals surface area (Å²) in [5.41, 5.74) is 8.23. The van der Waals surface area contributed by atoms with Gasteiger partial charge in [-0.25, -0.2) is 0 Å². The van der Waals surface area contributed by atoms with E-state index in [4.69, 9.17) is 41.2 Å². The van der Waals surface area contributed by atoms with Gasteiger partial charge in [-0.2, -0.15) is 0 Å². The molecule has 0 aromatic heterocycles. The number of benzene rings is 2. The van der Waals surface area contributed by atoms with E-state index in [2.05, 4.69) is 5.32 Å². The summed E-state index contributed by atoms with van der Waals surface area (Å²) in [4.78, 5) is 0.336. The zero-order valence-corrected chi connectivity index (χ0v) is 12.3. The Kier molecular flexibility index (Phi) is 4.64. The van der Waals surface area contributed by atoms with Crippen LogP contribution in [-0.4, -0.2) is 4.99 Å². The molecule has 19 heavy (non-hydrogen) atoms. The number of thiocarbonyl (C=S) groups is 1. The summed E-state index contributed by atoms with van der Waals surface area (Å²) in [6, 6.07) is 13.1. The first-order chi connectivity index (χ1) is 9.06. The van der Waals surface area contributed by atoms with Crippen LogP contribution >= 0.6 is 35.4 Å². The summed E-state index contributed by atoms with van der Waals surface area (Å²) in [7, 11) is 0. The molecule has 0 aliphatic rings. The van der Waals surface area contributed by atoms with Gasteiger partial charge >= 0.3 is 0 Å². The van der Waals surface area contributed by atoms with Gasteiger partial charge in [0.1, 0.15) is 4.99 Å². The lowest BCUT2D eigenvalue weighted by Gasteiger charge is -2.10. The molecule has 2 aromatic rings. The lowest BCUT2D eigenvalue weighted by molar-refractivity contribution is 1.15. The highest BCUT2D eigenvalue weighted by Crippen LogP contribution is 2.24. The maximum atomic E-state index is 6.17. The second-order valence-corrected chi connectivity index (χ2v) is 5.33. The quantitative estimate of drug-likeness (QED) is 0.830. The molecule has 0 aliphatic carbocycles. The van der Waals surface area contributed by atoms with Crippen molar-refractivity contribution in [1.29, 1.82) is 0 Å². The molecule has 0 amide bonds. The number of nitrogens with one attached hydrogen (secondary N) is 1. The Hall–Kier alpha value is -1.29. The van der Waals surface area contributed by atoms with Crippen molar-refractivity contribution in [3.63, 3.8) is 0 Å². The van der Waals surface area contributed by atoms with Gasteiger partial charge in [0.25, 0.3) is 0 Å². The number of hydrogen-bond acceptors (Lipinski definition) is 2. The van der Waals surface area contributed by atoms with Gasteiger partial charge in [0.05, 0.1) is 10.7 Å². The van der Waals surface area contributed by atoms with E-state index in [0.717, 1.165) is 16.8 Å². The van der Waals surface area contributed by atoms with Gasteiger partial charge in [-0.05, 0) is 35.9 Å². The second kappa shape index (κ2) is 6.24. The molecule has 2 aromatic carbocycles. The van der Waals surface area contributed by atoms with Crippen LogP contribution in [0.3, 0.4) is 0 Å². The van der Waals surface area contributed by atoms with Crippen molar-refractivity contribution in [2.75, 3.05) is 5.32 Å². The van der Waals surface area contributed by atoms with E-state index in [1.807, 2.05) is 36.4 Å². The highest BCUT2D eigenvalue weighted by atomic mass is 35.5. The van der Waals surface area contributed by atoms with E-state index in [9.17, 15) is 0 Å². The molecule has 0 spiro atoms. The molecule has 0 saturated carbocycles. The average Bonchev–Trinajstić information content (AvgIpc) is 2.37. The minimum atomic E-state index is 0.336. The molecule has 5 heteroatoms. The summed E-state index contributed by atoms with van der Waals surface area (Å²) in [6.07, 6.45) is 0. The molecule has 0 fully saturated rings. The molecule has 0 saturated heterocycles. The predicted octanol–water partition coefficient (Wildman–Crippen LogP) is 4.24. The van der Waals surface area contributed by atoms with Gasteiger partial charge in [0.2, 0.25) is 0 Å². The fourth-order valence-electron chi connectivity index (χ4n) is 1.66. The minimum Gasteiger partial charge on any atom is -0.389 e. The SMILES string of the molecule is NC(=S)c1ccc(NCc2cccc(Cl)c2)c(Cl)c1. The van der Waals surface area contributed by atoms with Gasteiger partial charge in [-0.3, -0.25) is 0 Å². The minimum absolute atomic E-state index is 0.336. The van der Waals surface area contributed by atoms with Crippen LogP contribution < -0.4 is 11.1 Å². The summed E-state index contributed by atoms with van der Waals surface area (Å²) in [5, 5.41) is 4.55. The standard InChI is InChI=1S/C14H12Cl2N2S/c15-11-3-1-2-9(6-11)8-18-13-5-4-10(14(17)19)7-12(13)16/h1-7,18H,8H2,(H2,17,19). The zero-order chi connectivity index (χ0) is 13.8. The maximum absolute atomic E-state index is 6.17. The van der Waals surface area contributed by atoms with Crippen molar-refractivity contribution in [2.24, 2.45) is 5.73 Å². The van der Waals surface area contributed by atoms with Gasteiger partial charge in [0.15, 0.2) is 0 Å². The number of halogens is 2. The molecule has 0 unspecified atom stereocenters. The van der Waals surface area contributed by atoms with E-state index in [1.165, 1.54) is 0 Å². The van der Waals surface area contributed by atoms with Crippen LogP contribution in [0.4, 0.5) is 5.69 Å². The van der Waals surface area contributed by atoms with Gasteiger partial charge in [-0.1, -0.05) is 47.6 Å². The highest BCUT2D eigenvalue weighted by Gasteiger charge is 2.03. The molecule has 98 valence electrons. The molecule has 2 nitrogen and oxygen atoms in total. The molecule has 0 radical (unpaired) electrons. The third-order valence-corrected chi connectivity index (χ3v) is 3.41. The van der Waals surface area contributed by atoms with Crippen LogP contribution in [0.1, 0.15) is 11.1 Å². The third-order valence-electron chi connectivity index (χ3n) is 2.63. The van der Waals surface area contributed by atoms with Crippen molar-refractivity contribution < 1.29 is 0 Å². The third kappa shape index (κ3) is 3.83. The van der Waals surface area contributed by atoms with Crippen LogP contribution in [0, 0.1) is 0 Å². The normalized spacial score (nSPS) is 10.2. The van der Waals surface area contributed by atoms with Crippen molar-refractivity contribution in [3.8, 4) is 0 Å². The second-order valence-electron chi connectivity index (χ2n) is 4.04.